The molecule has 2 heterocycles. The van der Waals surface area contributed by atoms with E-state index in [2.05, 4.69) is 0 Å². The van der Waals surface area contributed by atoms with Gasteiger partial charge in [-0.25, -0.2) is 0 Å². The summed E-state index contributed by atoms with van der Waals surface area (Å²) in [6, 6.07) is 19.7. The topological polar surface area (TPSA) is 55.4 Å². The van der Waals surface area contributed by atoms with Crippen LogP contribution in [-0.4, -0.2) is 55.1 Å². The number of ether oxygens (including phenoxy) is 6. The maximum absolute atomic E-state index is 6.33. The molecule has 4 rings (SSSR count). The van der Waals surface area contributed by atoms with Gasteiger partial charge in [0.1, 0.15) is 18.3 Å². The summed E-state index contributed by atoms with van der Waals surface area (Å²) < 4.78 is 36.8. The molecule has 0 aromatic heterocycles. The Morgan fingerprint density at radius 1 is 1.03 bits per heavy atom. The lowest BCUT2D eigenvalue weighted by Crippen LogP contribution is -2.63. The van der Waals surface area contributed by atoms with E-state index in [-0.39, 0.29) is 6.10 Å². The second kappa shape index (κ2) is 10.9. The van der Waals surface area contributed by atoms with Gasteiger partial charge in [0, 0.05) is 12.7 Å². The average molecular weight is 463 g/mol. The Balaban J connectivity index is 1.57. The second-order valence-electron chi connectivity index (χ2n) is 7.25. The van der Waals surface area contributed by atoms with Gasteiger partial charge in [-0.1, -0.05) is 72.4 Å². The normalized spacial score (nSPS) is 30.4. The highest BCUT2D eigenvalue weighted by Gasteiger charge is 2.52. The molecule has 0 radical (unpaired) electrons. The van der Waals surface area contributed by atoms with Crippen LogP contribution in [0.25, 0.3) is 0 Å². The molecule has 6 nitrogen and oxygen atoms in total. The van der Waals surface area contributed by atoms with Crippen LogP contribution in [0, 0.1) is 0 Å². The van der Waals surface area contributed by atoms with Crippen molar-refractivity contribution in [3.8, 4) is 0 Å². The fourth-order valence-electron chi connectivity index (χ4n) is 3.75. The first-order chi connectivity index (χ1) is 15.2. The lowest BCUT2D eigenvalue weighted by atomic mass is 9.97. The smallest absolute Gasteiger partial charge is 0.220 e. The van der Waals surface area contributed by atoms with Gasteiger partial charge in [0.05, 0.1) is 13.2 Å². The van der Waals surface area contributed by atoms with Gasteiger partial charge in [-0.15, -0.1) is 0 Å². The van der Waals surface area contributed by atoms with E-state index in [4.69, 9.17) is 40.6 Å². The van der Waals surface area contributed by atoms with Gasteiger partial charge in [0.2, 0.25) is 4.38 Å². The Morgan fingerprint density at radius 3 is 2.42 bits per heavy atom. The van der Waals surface area contributed by atoms with E-state index in [1.165, 1.54) is 11.8 Å². The van der Waals surface area contributed by atoms with E-state index >= 15 is 0 Å². The number of benzene rings is 2. The molecule has 0 amide bonds. The molecule has 2 fully saturated rings. The quantitative estimate of drug-likeness (QED) is 0.595. The first-order valence-corrected chi connectivity index (χ1v) is 11.7. The monoisotopic (exact) mass is 462 g/mol. The van der Waals surface area contributed by atoms with Crippen molar-refractivity contribution in [2.24, 2.45) is 0 Å². The van der Waals surface area contributed by atoms with E-state index in [1.807, 2.05) is 66.9 Å². The first kappa shape index (κ1) is 22.7. The van der Waals surface area contributed by atoms with E-state index in [0.29, 0.717) is 17.6 Å². The number of thioether (sulfide) groups is 1. The fraction of sp³-hybridized carbons (Fsp3) is 0.435. The fourth-order valence-corrected chi connectivity index (χ4v) is 4.07. The number of hydrogen-bond donors (Lipinski definition) is 0. The number of hydrogen-bond acceptors (Lipinski definition) is 8. The third-order valence-corrected chi connectivity index (χ3v) is 6.30. The molecular weight excluding hydrogens is 436 g/mol. The van der Waals surface area contributed by atoms with E-state index in [0.717, 1.165) is 11.1 Å². The van der Waals surface area contributed by atoms with Crippen molar-refractivity contribution >= 4 is 28.4 Å². The summed E-state index contributed by atoms with van der Waals surface area (Å²) in [4.78, 5) is 0. The van der Waals surface area contributed by atoms with Crippen LogP contribution in [0.2, 0.25) is 0 Å². The summed E-state index contributed by atoms with van der Waals surface area (Å²) in [5.41, 5.74) is 1.98. The molecule has 8 heteroatoms. The first-order valence-electron chi connectivity index (χ1n) is 10.1. The molecule has 2 aliphatic heterocycles. The highest BCUT2D eigenvalue weighted by molar-refractivity contribution is 8.22. The van der Waals surface area contributed by atoms with E-state index in [1.54, 1.807) is 7.11 Å². The summed E-state index contributed by atoms with van der Waals surface area (Å²) in [6.07, 6.45) is -1.13. The van der Waals surface area contributed by atoms with Crippen molar-refractivity contribution in [3.05, 3.63) is 71.8 Å². The average Bonchev–Trinajstić information content (AvgIpc) is 2.83. The lowest BCUT2D eigenvalue weighted by molar-refractivity contribution is -0.361. The zero-order valence-electron chi connectivity index (χ0n) is 17.4. The number of fused-ring (bicyclic) bond motifs is 1. The second-order valence-corrected chi connectivity index (χ2v) is 8.66. The zero-order chi connectivity index (χ0) is 21.6. The predicted molar refractivity (Wildman–Crippen MR) is 122 cm³/mol. The van der Waals surface area contributed by atoms with Gasteiger partial charge in [-0.3, -0.25) is 0 Å². The number of rotatable bonds is 6. The maximum atomic E-state index is 6.33. The molecule has 2 aromatic rings. The van der Waals surface area contributed by atoms with Crippen molar-refractivity contribution in [2.75, 3.05) is 20.0 Å². The zero-order valence-corrected chi connectivity index (χ0v) is 19.1. The van der Waals surface area contributed by atoms with Gasteiger partial charge >= 0.3 is 0 Å². The van der Waals surface area contributed by atoms with Crippen molar-refractivity contribution in [3.63, 3.8) is 0 Å². The molecular formula is C23H26O6S2. The predicted octanol–water partition coefficient (Wildman–Crippen LogP) is 4.09. The van der Waals surface area contributed by atoms with Crippen LogP contribution < -0.4 is 0 Å². The highest BCUT2D eigenvalue weighted by Crippen LogP contribution is 2.37. The summed E-state index contributed by atoms with van der Waals surface area (Å²) in [5.74, 6) is 0. The highest BCUT2D eigenvalue weighted by atomic mass is 32.2. The van der Waals surface area contributed by atoms with Crippen LogP contribution in [-0.2, 0) is 35.0 Å². The third-order valence-electron chi connectivity index (χ3n) is 5.27. The van der Waals surface area contributed by atoms with Crippen molar-refractivity contribution in [1.29, 1.82) is 0 Å². The number of methoxy groups -OCH3 is 1. The minimum atomic E-state index is -0.639. The summed E-state index contributed by atoms with van der Waals surface area (Å²) in [6.45, 7) is 0.734. The van der Waals surface area contributed by atoms with E-state index in [9.17, 15) is 0 Å². The summed E-state index contributed by atoms with van der Waals surface area (Å²) in [5, 5.41) is 0. The van der Waals surface area contributed by atoms with Crippen molar-refractivity contribution < 1.29 is 28.4 Å². The van der Waals surface area contributed by atoms with Crippen LogP contribution in [0.15, 0.2) is 60.7 Å². The Morgan fingerprint density at radius 2 is 1.74 bits per heavy atom. The molecule has 2 aliphatic rings. The molecule has 2 saturated heterocycles. The largest absolute Gasteiger partial charge is 0.469 e. The molecule has 1 unspecified atom stereocenters. The Hall–Kier alpha value is -1.52. The van der Waals surface area contributed by atoms with E-state index < -0.39 is 30.9 Å². The SMILES string of the molecule is CO[C@@H]1O[C@@H]2COC(c3ccccc3)O[C@@H]2[C@H](OC(=S)SC)[C@H]1OCc1ccccc1. The van der Waals surface area contributed by atoms with Gasteiger partial charge in [0.25, 0.3) is 0 Å². The lowest BCUT2D eigenvalue weighted by Gasteiger charge is -2.48. The van der Waals surface area contributed by atoms with Crippen LogP contribution in [0.1, 0.15) is 17.4 Å². The standard InChI is InChI=1S/C23H26O6S2/c1-24-22-20(25-13-15-9-5-3-6-10-15)19(29-23(30)31-2)18-17(27-22)14-26-21(28-18)16-11-7-4-8-12-16/h3-12,17-22H,13-14H2,1-2H3/t17-,18+,19+,20-,21?,22-/m1/s1. The molecule has 2 aromatic carbocycles. The molecule has 0 spiro atoms. The summed E-state index contributed by atoms with van der Waals surface area (Å²) >= 11 is 6.74. The molecule has 0 bridgehead atoms. The summed E-state index contributed by atoms with van der Waals surface area (Å²) in [7, 11) is 1.59. The molecule has 0 aliphatic carbocycles. The van der Waals surface area contributed by atoms with Crippen LogP contribution >= 0.6 is 24.0 Å². The van der Waals surface area contributed by atoms with Gasteiger partial charge in [-0.2, -0.15) is 0 Å². The number of thiocarbonyl (C=S) groups is 1. The molecule has 31 heavy (non-hydrogen) atoms. The molecule has 6 atom stereocenters. The van der Waals surface area contributed by atoms with Gasteiger partial charge in [0.15, 0.2) is 18.7 Å². The van der Waals surface area contributed by atoms with Crippen molar-refractivity contribution in [1.82, 2.24) is 0 Å². The van der Waals surface area contributed by atoms with Crippen molar-refractivity contribution in [2.45, 2.75) is 43.6 Å². The maximum Gasteiger partial charge on any atom is 0.220 e. The van der Waals surface area contributed by atoms with Gasteiger partial charge < -0.3 is 28.4 Å². The third kappa shape index (κ3) is 5.46. The Kier molecular flexibility index (Phi) is 7.95. The van der Waals surface area contributed by atoms with Crippen LogP contribution in [0.3, 0.4) is 0 Å². The molecule has 0 N–H and O–H groups in total. The van der Waals surface area contributed by atoms with Crippen LogP contribution in [0.5, 0.6) is 0 Å². The Labute approximate surface area is 192 Å². The minimum Gasteiger partial charge on any atom is -0.469 e. The Bertz CT molecular complexity index is 830. The molecule has 0 saturated carbocycles. The molecule has 166 valence electrons. The van der Waals surface area contributed by atoms with Gasteiger partial charge in [-0.05, 0) is 24.0 Å². The van der Waals surface area contributed by atoms with Crippen LogP contribution in [0.4, 0.5) is 0 Å². The minimum absolute atomic E-state index is 0.349.